The van der Waals surface area contributed by atoms with Crippen molar-refractivity contribution in [1.82, 2.24) is 5.32 Å². The molecule has 0 fully saturated rings. The Morgan fingerprint density at radius 2 is 1.50 bits per heavy atom. The minimum absolute atomic E-state index is 0.00585. The maximum Gasteiger partial charge on any atom is 0.307 e. The number of hydrogen-bond acceptors (Lipinski definition) is 4. The Labute approximate surface area is 216 Å². The predicted octanol–water partition coefficient (Wildman–Crippen LogP) is 6.59. The quantitative estimate of drug-likeness (QED) is 0.166. The minimum atomic E-state index is -0.954. The van der Waals surface area contributed by atoms with Crippen molar-refractivity contribution in [2.75, 3.05) is 5.01 Å². The zero-order valence-electron chi connectivity index (χ0n) is 21.6. The molecule has 1 aromatic rings. The first-order chi connectivity index (χ1) is 17.5. The van der Waals surface area contributed by atoms with E-state index >= 15 is 0 Å². The van der Waals surface area contributed by atoms with E-state index in [1.165, 1.54) is 62.8 Å². The van der Waals surface area contributed by atoms with Gasteiger partial charge in [-0.15, -0.1) is 6.58 Å². The van der Waals surface area contributed by atoms with Gasteiger partial charge in [-0.1, -0.05) is 94.9 Å². The lowest BCUT2D eigenvalue weighted by Crippen LogP contribution is -2.32. The van der Waals surface area contributed by atoms with E-state index in [-0.39, 0.29) is 24.6 Å². The lowest BCUT2D eigenvalue weighted by molar-refractivity contribution is -0.144. The molecule has 0 radical (unpaired) electrons. The monoisotopic (exact) mass is 497 g/mol. The van der Waals surface area contributed by atoms with Crippen LogP contribution in [-0.4, -0.2) is 28.7 Å². The summed E-state index contributed by atoms with van der Waals surface area (Å²) < 4.78 is 0. The van der Waals surface area contributed by atoms with Gasteiger partial charge in [0.25, 0.3) is 5.91 Å². The molecule has 2 N–H and O–H groups in total. The van der Waals surface area contributed by atoms with Crippen LogP contribution in [0.4, 0.5) is 5.69 Å². The van der Waals surface area contributed by atoms with Gasteiger partial charge < -0.3 is 10.4 Å². The number of carbonyl (C=O) groups is 3. The molecule has 36 heavy (non-hydrogen) atoms. The molecule has 1 aromatic carbocycles. The van der Waals surface area contributed by atoms with Crippen molar-refractivity contribution in [2.45, 2.75) is 103 Å². The lowest BCUT2D eigenvalue weighted by Gasteiger charge is -2.12. The van der Waals surface area contributed by atoms with E-state index in [4.69, 9.17) is 0 Å². The smallest absolute Gasteiger partial charge is 0.307 e. The summed E-state index contributed by atoms with van der Waals surface area (Å²) in [6, 6.07) is 8.99. The first kappa shape index (κ1) is 29.3. The molecule has 1 atom stereocenters. The number of amidine groups is 1. The number of allylic oxidation sites excluding steroid dienone is 1. The van der Waals surface area contributed by atoms with E-state index in [0.717, 1.165) is 25.7 Å². The fourth-order valence-corrected chi connectivity index (χ4v) is 4.47. The van der Waals surface area contributed by atoms with Crippen molar-refractivity contribution in [1.29, 1.82) is 0 Å². The number of carboxylic acid groups (broad SMARTS) is 1. The Balaban J connectivity index is 1.56. The molecular formula is C29H43N3O4. The molecule has 0 bridgehead atoms. The van der Waals surface area contributed by atoms with Gasteiger partial charge in [0.2, 0.25) is 5.91 Å². The third-order valence-corrected chi connectivity index (χ3v) is 6.55. The Morgan fingerprint density at radius 3 is 2.06 bits per heavy atom. The van der Waals surface area contributed by atoms with Crippen molar-refractivity contribution in [3.63, 3.8) is 0 Å². The minimum Gasteiger partial charge on any atom is -0.481 e. The van der Waals surface area contributed by atoms with Gasteiger partial charge in [-0.3, -0.25) is 14.4 Å². The number of anilines is 1. The highest BCUT2D eigenvalue weighted by atomic mass is 16.4. The van der Waals surface area contributed by atoms with Gasteiger partial charge in [0.15, 0.2) is 0 Å². The van der Waals surface area contributed by atoms with E-state index in [1.54, 1.807) is 24.3 Å². The molecular weight excluding hydrogens is 454 g/mol. The number of hydrogen-bond donors (Lipinski definition) is 2. The third-order valence-electron chi connectivity index (χ3n) is 6.55. The normalized spacial score (nSPS) is 13.9. The van der Waals surface area contributed by atoms with Gasteiger partial charge in [-0.2, -0.15) is 10.1 Å². The molecule has 1 aliphatic rings. The van der Waals surface area contributed by atoms with Crippen LogP contribution in [0.2, 0.25) is 0 Å². The van der Waals surface area contributed by atoms with Crippen molar-refractivity contribution < 1.29 is 19.5 Å². The second-order valence-electron chi connectivity index (χ2n) is 9.66. The molecule has 0 saturated carbocycles. The largest absolute Gasteiger partial charge is 0.481 e. The highest BCUT2D eigenvalue weighted by Crippen LogP contribution is 2.20. The number of carbonyl (C=O) groups excluding carboxylic acids is 2. The molecule has 1 unspecified atom stereocenters. The Hall–Kier alpha value is -2.96. The second kappa shape index (κ2) is 17.5. The number of unbranched alkanes of at least 4 members (excludes halogenated alkanes) is 12. The van der Waals surface area contributed by atoms with Gasteiger partial charge in [0.1, 0.15) is 5.84 Å². The first-order valence-electron chi connectivity index (χ1n) is 13.6. The third kappa shape index (κ3) is 11.6. The van der Waals surface area contributed by atoms with E-state index in [9.17, 15) is 19.5 Å². The van der Waals surface area contributed by atoms with Gasteiger partial charge in [0, 0.05) is 6.42 Å². The van der Waals surface area contributed by atoms with Gasteiger partial charge in [0.05, 0.1) is 18.0 Å². The summed E-state index contributed by atoms with van der Waals surface area (Å²) in [5.74, 6) is -2.06. The summed E-state index contributed by atoms with van der Waals surface area (Å²) in [5.41, 5.74) is 0.630. The average molecular weight is 498 g/mol. The number of para-hydroxylation sites is 1. The summed E-state index contributed by atoms with van der Waals surface area (Å²) in [7, 11) is 0. The Bertz CT molecular complexity index is 853. The van der Waals surface area contributed by atoms with E-state index in [2.05, 4.69) is 17.0 Å². The number of rotatable bonds is 19. The van der Waals surface area contributed by atoms with Crippen LogP contribution in [0.3, 0.4) is 0 Å². The van der Waals surface area contributed by atoms with Crippen LogP contribution in [0.25, 0.3) is 0 Å². The van der Waals surface area contributed by atoms with Crippen LogP contribution in [0.5, 0.6) is 0 Å². The van der Waals surface area contributed by atoms with E-state index < -0.39 is 17.8 Å². The number of carboxylic acids is 1. The zero-order valence-corrected chi connectivity index (χ0v) is 21.6. The standard InChI is InChI=1S/C29H43N3O4/c1-2-3-4-5-6-7-8-9-10-11-12-13-14-16-19-24(29(35)36)22-27(33)30-26-23-28(34)32(31-26)25-20-17-15-18-21-25/h2,15,17-18,20-21,24H,1,3-14,16,19,22-23H2,(H,35,36)(H,30,31,33). The topological polar surface area (TPSA) is 99.1 Å². The summed E-state index contributed by atoms with van der Waals surface area (Å²) in [6.07, 6.45) is 17.9. The van der Waals surface area contributed by atoms with Crippen molar-refractivity contribution >= 4 is 29.3 Å². The second-order valence-corrected chi connectivity index (χ2v) is 9.66. The maximum atomic E-state index is 12.4. The molecule has 7 nitrogen and oxygen atoms in total. The number of amides is 2. The first-order valence-corrected chi connectivity index (χ1v) is 13.6. The zero-order chi connectivity index (χ0) is 26.0. The van der Waals surface area contributed by atoms with E-state index in [0.29, 0.717) is 12.1 Å². The van der Waals surface area contributed by atoms with Gasteiger partial charge in [-0.25, -0.2) is 0 Å². The van der Waals surface area contributed by atoms with Crippen LogP contribution in [0, 0.1) is 5.92 Å². The van der Waals surface area contributed by atoms with Crippen LogP contribution in [-0.2, 0) is 14.4 Å². The van der Waals surface area contributed by atoms with Crippen LogP contribution >= 0.6 is 0 Å². The average Bonchev–Trinajstić information content (AvgIpc) is 3.23. The van der Waals surface area contributed by atoms with Crippen LogP contribution < -0.4 is 10.3 Å². The van der Waals surface area contributed by atoms with Crippen molar-refractivity contribution in [2.24, 2.45) is 11.0 Å². The number of benzene rings is 1. The molecule has 2 amide bonds. The molecule has 7 heteroatoms. The number of nitrogens with zero attached hydrogens (tertiary/aromatic N) is 2. The molecule has 0 aromatic heterocycles. The molecule has 1 heterocycles. The van der Waals surface area contributed by atoms with Crippen molar-refractivity contribution in [3.8, 4) is 0 Å². The highest BCUT2D eigenvalue weighted by Gasteiger charge is 2.28. The fourth-order valence-electron chi connectivity index (χ4n) is 4.47. The molecule has 0 spiro atoms. The number of aliphatic carboxylic acids is 1. The summed E-state index contributed by atoms with van der Waals surface area (Å²) >= 11 is 0. The van der Waals surface area contributed by atoms with E-state index in [1.807, 2.05) is 12.1 Å². The SMILES string of the molecule is C=CCCCCCCCCCCCCCCC(CC(=O)NC1=NN(c2ccccc2)C(=O)C1)C(=O)O. The predicted molar refractivity (Wildman–Crippen MR) is 145 cm³/mol. The van der Waals surface area contributed by atoms with Crippen LogP contribution in [0.1, 0.15) is 103 Å². The molecule has 0 aliphatic carbocycles. The summed E-state index contributed by atoms with van der Waals surface area (Å²) in [6.45, 7) is 3.76. The van der Waals surface area contributed by atoms with Gasteiger partial charge in [-0.05, 0) is 31.4 Å². The highest BCUT2D eigenvalue weighted by molar-refractivity contribution is 6.15. The summed E-state index contributed by atoms with van der Waals surface area (Å²) in [5, 5.41) is 17.6. The Morgan fingerprint density at radius 1 is 0.944 bits per heavy atom. The lowest BCUT2D eigenvalue weighted by atomic mass is 9.96. The molecule has 198 valence electrons. The van der Waals surface area contributed by atoms with Crippen LogP contribution in [0.15, 0.2) is 48.1 Å². The maximum absolute atomic E-state index is 12.4. The molecule has 1 aliphatic heterocycles. The molecule has 0 saturated heterocycles. The number of nitrogens with one attached hydrogen (secondary N) is 1. The number of hydrazone groups is 1. The Kier molecular flexibility index (Phi) is 14.2. The summed E-state index contributed by atoms with van der Waals surface area (Å²) in [4.78, 5) is 36.3. The van der Waals surface area contributed by atoms with Crippen molar-refractivity contribution in [3.05, 3.63) is 43.0 Å². The molecule has 2 rings (SSSR count). The van der Waals surface area contributed by atoms with Gasteiger partial charge >= 0.3 is 5.97 Å². The fraction of sp³-hybridized carbons (Fsp3) is 0.586.